The third-order valence-electron chi connectivity index (χ3n) is 6.26. The number of carbonyl (C=O) groups excluding carboxylic acids is 1. The summed E-state index contributed by atoms with van der Waals surface area (Å²) in [6.45, 7) is 1.71. The lowest BCUT2D eigenvalue weighted by atomic mass is 9.79. The molecule has 1 spiro atoms. The zero-order valence-corrected chi connectivity index (χ0v) is 16.8. The third-order valence-corrected chi connectivity index (χ3v) is 6.26. The van der Waals surface area contributed by atoms with Gasteiger partial charge in [0.2, 0.25) is 0 Å². The van der Waals surface area contributed by atoms with Crippen LogP contribution in [0.5, 0.6) is 5.75 Å². The number of rotatable bonds is 2. The van der Waals surface area contributed by atoms with Crippen LogP contribution < -0.4 is 10.3 Å². The first-order valence-electron chi connectivity index (χ1n) is 10.2. The van der Waals surface area contributed by atoms with Gasteiger partial charge in [-0.05, 0) is 54.7 Å². The SMILES string of the molecule is COc1ccc2c(c1)CCOC21CCN(C(=O)c2cnc3ccccn3c2=O)CC1. The monoisotopic (exact) mass is 405 g/mol. The fourth-order valence-corrected chi connectivity index (χ4v) is 4.61. The largest absolute Gasteiger partial charge is 0.497 e. The number of fused-ring (bicyclic) bond motifs is 3. The van der Waals surface area contributed by atoms with Crippen molar-refractivity contribution >= 4 is 11.6 Å². The molecule has 1 fully saturated rings. The second kappa shape index (κ2) is 7.25. The fraction of sp³-hybridized carbons (Fsp3) is 0.348. The number of nitrogens with zero attached hydrogens (tertiary/aromatic N) is 3. The summed E-state index contributed by atoms with van der Waals surface area (Å²) in [7, 11) is 1.67. The van der Waals surface area contributed by atoms with E-state index < -0.39 is 0 Å². The number of hydrogen-bond acceptors (Lipinski definition) is 5. The van der Waals surface area contributed by atoms with Crippen molar-refractivity contribution in [1.82, 2.24) is 14.3 Å². The Morgan fingerprint density at radius 1 is 1.20 bits per heavy atom. The Morgan fingerprint density at radius 2 is 2.03 bits per heavy atom. The zero-order valence-electron chi connectivity index (χ0n) is 16.8. The molecule has 0 saturated carbocycles. The first-order valence-corrected chi connectivity index (χ1v) is 10.2. The van der Waals surface area contributed by atoms with E-state index in [0.29, 0.717) is 38.2 Å². The van der Waals surface area contributed by atoms with Gasteiger partial charge < -0.3 is 14.4 Å². The maximum absolute atomic E-state index is 13.1. The predicted octanol–water partition coefficient (Wildman–Crippen LogP) is 2.41. The Kier molecular flexibility index (Phi) is 4.55. The number of aromatic nitrogens is 2. The van der Waals surface area contributed by atoms with Gasteiger partial charge in [0, 0.05) is 25.5 Å². The molecule has 0 N–H and O–H groups in total. The maximum Gasteiger partial charge on any atom is 0.270 e. The number of hydrogen-bond donors (Lipinski definition) is 0. The van der Waals surface area contributed by atoms with Crippen LogP contribution in [-0.4, -0.2) is 47.0 Å². The van der Waals surface area contributed by atoms with Crippen molar-refractivity contribution in [1.29, 1.82) is 0 Å². The van der Waals surface area contributed by atoms with E-state index >= 15 is 0 Å². The molecule has 7 nitrogen and oxygen atoms in total. The van der Waals surface area contributed by atoms with E-state index in [2.05, 4.69) is 17.1 Å². The van der Waals surface area contributed by atoms with Gasteiger partial charge in [0.25, 0.3) is 11.5 Å². The van der Waals surface area contributed by atoms with Crippen molar-refractivity contribution in [3.63, 3.8) is 0 Å². The minimum absolute atomic E-state index is 0.101. The Labute approximate surface area is 173 Å². The van der Waals surface area contributed by atoms with Gasteiger partial charge in [0.05, 0.1) is 19.3 Å². The van der Waals surface area contributed by atoms with Crippen molar-refractivity contribution in [2.24, 2.45) is 0 Å². The summed E-state index contributed by atoms with van der Waals surface area (Å²) in [6, 6.07) is 11.4. The summed E-state index contributed by atoms with van der Waals surface area (Å²) in [5, 5.41) is 0. The minimum Gasteiger partial charge on any atom is -0.497 e. The van der Waals surface area contributed by atoms with Crippen LogP contribution in [0.3, 0.4) is 0 Å². The summed E-state index contributed by atoms with van der Waals surface area (Å²) in [4.78, 5) is 31.9. The number of carbonyl (C=O) groups is 1. The molecule has 154 valence electrons. The Morgan fingerprint density at radius 3 is 2.83 bits per heavy atom. The quantitative estimate of drug-likeness (QED) is 0.655. The molecule has 0 aliphatic carbocycles. The van der Waals surface area contributed by atoms with Crippen LogP contribution in [0.4, 0.5) is 0 Å². The molecule has 3 aromatic rings. The molecule has 2 aliphatic rings. The molecule has 1 amide bonds. The average molecular weight is 405 g/mol. The highest BCUT2D eigenvalue weighted by Crippen LogP contribution is 2.42. The molecule has 2 aromatic heterocycles. The molecule has 0 atom stereocenters. The number of piperidine rings is 1. The molecule has 1 saturated heterocycles. The molecular weight excluding hydrogens is 382 g/mol. The van der Waals surface area contributed by atoms with Crippen LogP contribution in [0, 0.1) is 0 Å². The highest BCUT2D eigenvalue weighted by atomic mass is 16.5. The van der Waals surface area contributed by atoms with Crippen LogP contribution >= 0.6 is 0 Å². The molecule has 0 bridgehead atoms. The minimum atomic E-state index is -0.382. The first-order chi connectivity index (χ1) is 14.6. The smallest absolute Gasteiger partial charge is 0.270 e. The van der Waals surface area contributed by atoms with Crippen LogP contribution in [0.25, 0.3) is 5.65 Å². The van der Waals surface area contributed by atoms with E-state index in [1.807, 2.05) is 12.1 Å². The lowest BCUT2D eigenvalue weighted by molar-refractivity contribution is -0.0935. The second-order valence-electron chi connectivity index (χ2n) is 7.81. The maximum atomic E-state index is 13.1. The molecule has 2 aliphatic heterocycles. The lowest BCUT2D eigenvalue weighted by Gasteiger charge is -2.45. The topological polar surface area (TPSA) is 73.1 Å². The number of methoxy groups -OCH3 is 1. The van der Waals surface area contributed by atoms with Crippen molar-refractivity contribution in [3.05, 3.63) is 75.8 Å². The normalized spacial score (nSPS) is 17.7. The molecule has 7 heteroatoms. The summed E-state index contributed by atoms with van der Waals surface area (Å²) in [5.74, 6) is 0.578. The number of amides is 1. The molecule has 30 heavy (non-hydrogen) atoms. The highest BCUT2D eigenvalue weighted by molar-refractivity contribution is 5.93. The number of benzene rings is 1. The molecule has 0 radical (unpaired) electrons. The van der Waals surface area contributed by atoms with Gasteiger partial charge >= 0.3 is 0 Å². The Balaban J connectivity index is 1.39. The van der Waals surface area contributed by atoms with Crippen molar-refractivity contribution in [2.45, 2.75) is 24.9 Å². The van der Waals surface area contributed by atoms with Gasteiger partial charge in [-0.3, -0.25) is 14.0 Å². The predicted molar refractivity (Wildman–Crippen MR) is 111 cm³/mol. The molecule has 0 unspecified atom stereocenters. The summed E-state index contributed by atoms with van der Waals surface area (Å²) >= 11 is 0. The van der Waals surface area contributed by atoms with Crippen LogP contribution in [0.1, 0.15) is 34.3 Å². The number of pyridine rings is 1. The zero-order chi connectivity index (χ0) is 20.7. The van der Waals surface area contributed by atoms with Crippen LogP contribution in [0.15, 0.2) is 53.6 Å². The van der Waals surface area contributed by atoms with Crippen molar-refractivity contribution in [3.8, 4) is 5.75 Å². The van der Waals surface area contributed by atoms with Crippen molar-refractivity contribution in [2.75, 3.05) is 26.8 Å². The fourth-order valence-electron chi connectivity index (χ4n) is 4.61. The number of ether oxygens (including phenoxy) is 2. The summed E-state index contributed by atoms with van der Waals surface area (Å²) < 4.78 is 13.0. The summed E-state index contributed by atoms with van der Waals surface area (Å²) in [5.41, 5.74) is 2.35. The van der Waals surface area contributed by atoms with E-state index in [-0.39, 0.29) is 22.6 Å². The van der Waals surface area contributed by atoms with Gasteiger partial charge in [0.15, 0.2) is 0 Å². The van der Waals surface area contributed by atoms with Gasteiger partial charge in [0.1, 0.15) is 17.0 Å². The van der Waals surface area contributed by atoms with Gasteiger partial charge in [-0.25, -0.2) is 4.98 Å². The van der Waals surface area contributed by atoms with E-state index in [4.69, 9.17) is 9.47 Å². The first kappa shape index (κ1) is 18.8. The Hall–Kier alpha value is -3.19. The number of likely N-dealkylation sites (tertiary alicyclic amines) is 1. The second-order valence-corrected chi connectivity index (χ2v) is 7.81. The molecule has 4 heterocycles. The molecule has 5 rings (SSSR count). The van der Waals surface area contributed by atoms with Crippen molar-refractivity contribution < 1.29 is 14.3 Å². The van der Waals surface area contributed by atoms with E-state index in [1.54, 1.807) is 30.3 Å². The van der Waals surface area contributed by atoms with E-state index in [1.165, 1.54) is 21.7 Å². The van der Waals surface area contributed by atoms with Gasteiger partial charge in [-0.2, -0.15) is 0 Å². The third kappa shape index (κ3) is 2.97. The highest BCUT2D eigenvalue weighted by Gasteiger charge is 2.42. The molecular formula is C23H23N3O4. The van der Waals surface area contributed by atoms with Gasteiger partial charge in [-0.15, -0.1) is 0 Å². The van der Waals surface area contributed by atoms with E-state index in [0.717, 1.165) is 12.2 Å². The Bertz CT molecular complexity index is 1180. The standard InChI is InChI=1S/C23H23N3O4/c1-29-17-5-6-19-16(14-17)7-13-30-23(19)8-11-25(12-9-23)21(27)18-15-24-20-4-2-3-10-26(20)22(18)28/h2-6,10,14-15H,7-9,11-13H2,1H3. The van der Waals surface area contributed by atoms with Crippen LogP contribution in [0.2, 0.25) is 0 Å². The molecule has 1 aromatic carbocycles. The lowest BCUT2D eigenvalue weighted by Crippen LogP contribution is -2.49. The van der Waals surface area contributed by atoms with E-state index in [9.17, 15) is 9.59 Å². The summed E-state index contributed by atoms with van der Waals surface area (Å²) in [6.07, 6.45) is 5.27. The van der Waals surface area contributed by atoms with Crippen LogP contribution in [-0.2, 0) is 16.8 Å². The van der Waals surface area contributed by atoms with Gasteiger partial charge in [-0.1, -0.05) is 12.1 Å². The average Bonchev–Trinajstić information content (AvgIpc) is 2.79.